The van der Waals surface area contributed by atoms with E-state index in [1.54, 1.807) is 38.1 Å². The SMILES string of the molecule is CC(C)(CC(N)=O)NC(=O)COc1ccccc1N. The van der Waals surface area contributed by atoms with E-state index >= 15 is 0 Å². The fourth-order valence-electron chi connectivity index (χ4n) is 1.65. The van der Waals surface area contributed by atoms with Crippen LogP contribution in [-0.4, -0.2) is 24.0 Å². The lowest BCUT2D eigenvalue weighted by atomic mass is 10.0. The second kappa shape index (κ2) is 6.08. The third kappa shape index (κ3) is 5.29. The van der Waals surface area contributed by atoms with Gasteiger partial charge in [0.05, 0.1) is 5.69 Å². The zero-order valence-electron chi connectivity index (χ0n) is 11.1. The van der Waals surface area contributed by atoms with Gasteiger partial charge in [-0.1, -0.05) is 12.1 Å². The Labute approximate surface area is 112 Å². The highest BCUT2D eigenvalue weighted by Crippen LogP contribution is 2.19. The summed E-state index contributed by atoms with van der Waals surface area (Å²) in [5.41, 5.74) is 10.5. The van der Waals surface area contributed by atoms with Gasteiger partial charge >= 0.3 is 0 Å². The first-order valence-electron chi connectivity index (χ1n) is 5.87. The van der Waals surface area contributed by atoms with Crippen LogP contribution in [0.1, 0.15) is 20.3 Å². The highest BCUT2D eigenvalue weighted by molar-refractivity contribution is 5.80. The maximum absolute atomic E-state index is 11.7. The molecule has 6 nitrogen and oxygen atoms in total. The molecule has 1 aromatic rings. The number of hydrogen-bond donors (Lipinski definition) is 3. The van der Waals surface area contributed by atoms with Crippen LogP contribution in [0.3, 0.4) is 0 Å². The van der Waals surface area contributed by atoms with Gasteiger partial charge in [0.1, 0.15) is 5.75 Å². The minimum atomic E-state index is -0.700. The van der Waals surface area contributed by atoms with E-state index in [-0.39, 0.29) is 18.9 Å². The molecule has 6 heteroatoms. The van der Waals surface area contributed by atoms with Crippen LogP contribution >= 0.6 is 0 Å². The van der Waals surface area contributed by atoms with E-state index in [2.05, 4.69) is 5.32 Å². The first-order chi connectivity index (χ1) is 8.80. The molecule has 0 spiro atoms. The van der Waals surface area contributed by atoms with Gasteiger partial charge in [0.15, 0.2) is 6.61 Å². The molecule has 104 valence electrons. The molecule has 0 atom stereocenters. The molecule has 0 fully saturated rings. The van der Waals surface area contributed by atoms with Crippen molar-refractivity contribution in [2.24, 2.45) is 5.73 Å². The van der Waals surface area contributed by atoms with Crippen LogP contribution in [0.5, 0.6) is 5.75 Å². The summed E-state index contributed by atoms with van der Waals surface area (Å²) in [6.07, 6.45) is 0.0617. The predicted molar refractivity (Wildman–Crippen MR) is 72.4 cm³/mol. The zero-order valence-corrected chi connectivity index (χ0v) is 11.1. The van der Waals surface area contributed by atoms with Crippen molar-refractivity contribution in [3.05, 3.63) is 24.3 Å². The average molecular weight is 265 g/mol. The maximum Gasteiger partial charge on any atom is 0.258 e. The number of rotatable bonds is 6. The third-order valence-electron chi connectivity index (χ3n) is 2.37. The number of nitrogens with one attached hydrogen (secondary N) is 1. The van der Waals surface area contributed by atoms with Gasteiger partial charge in [-0.2, -0.15) is 0 Å². The lowest BCUT2D eigenvalue weighted by molar-refractivity contribution is -0.125. The standard InChI is InChI=1S/C13H19N3O3/c1-13(2,7-11(15)17)16-12(18)8-19-10-6-4-3-5-9(10)14/h3-6H,7-8,14H2,1-2H3,(H2,15,17)(H,16,18). The number of carbonyl (C=O) groups is 2. The van der Waals surface area contributed by atoms with E-state index in [9.17, 15) is 9.59 Å². The van der Waals surface area contributed by atoms with E-state index in [4.69, 9.17) is 16.2 Å². The number of nitrogen functional groups attached to an aromatic ring is 1. The Morgan fingerprint density at radius 1 is 1.32 bits per heavy atom. The second-order valence-corrected chi connectivity index (χ2v) is 4.90. The van der Waals surface area contributed by atoms with Crippen molar-refractivity contribution in [3.63, 3.8) is 0 Å². The quantitative estimate of drug-likeness (QED) is 0.648. The smallest absolute Gasteiger partial charge is 0.258 e. The van der Waals surface area contributed by atoms with E-state index in [1.165, 1.54) is 0 Å². The molecule has 1 aromatic carbocycles. The number of benzene rings is 1. The Balaban J connectivity index is 2.48. The molecule has 0 aliphatic heterocycles. The number of primary amides is 1. The minimum absolute atomic E-state index is 0.0617. The Morgan fingerprint density at radius 3 is 2.53 bits per heavy atom. The monoisotopic (exact) mass is 265 g/mol. The summed E-state index contributed by atoms with van der Waals surface area (Å²) in [4.78, 5) is 22.5. The molecule has 19 heavy (non-hydrogen) atoms. The summed E-state index contributed by atoms with van der Waals surface area (Å²) in [6.45, 7) is 3.26. The first-order valence-corrected chi connectivity index (χ1v) is 5.87. The molecular weight excluding hydrogens is 246 g/mol. The number of hydrogen-bond acceptors (Lipinski definition) is 4. The molecule has 0 saturated heterocycles. The summed E-state index contributed by atoms with van der Waals surface area (Å²) in [5.74, 6) is -0.363. The molecule has 0 aliphatic rings. The lowest BCUT2D eigenvalue weighted by Crippen LogP contribution is -2.47. The fraction of sp³-hybridized carbons (Fsp3) is 0.385. The normalized spacial score (nSPS) is 10.8. The molecule has 0 bridgehead atoms. The Kier molecular flexibility index (Phi) is 4.74. The Morgan fingerprint density at radius 2 is 1.95 bits per heavy atom. The molecule has 0 heterocycles. The Hall–Kier alpha value is -2.24. The van der Waals surface area contributed by atoms with Crippen molar-refractivity contribution in [2.45, 2.75) is 25.8 Å². The third-order valence-corrected chi connectivity index (χ3v) is 2.37. The summed E-state index contributed by atoms with van der Waals surface area (Å²) >= 11 is 0. The molecule has 1 rings (SSSR count). The largest absolute Gasteiger partial charge is 0.482 e. The summed E-state index contributed by atoms with van der Waals surface area (Å²) in [6, 6.07) is 6.90. The van der Waals surface area contributed by atoms with E-state index in [1.807, 2.05) is 0 Å². The number of amides is 2. The molecular formula is C13H19N3O3. The van der Waals surface area contributed by atoms with Crippen molar-refractivity contribution in [3.8, 4) is 5.75 Å². The first kappa shape index (κ1) is 14.8. The average Bonchev–Trinajstić information content (AvgIpc) is 2.25. The van der Waals surface area contributed by atoms with Gasteiger partial charge in [0.25, 0.3) is 5.91 Å². The van der Waals surface area contributed by atoms with Crippen LogP contribution < -0.4 is 21.5 Å². The van der Waals surface area contributed by atoms with E-state index in [0.29, 0.717) is 11.4 Å². The number of carbonyl (C=O) groups excluding carboxylic acids is 2. The van der Waals surface area contributed by atoms with Crippen LogP contribution in [0.25, 0.3) is 0 Å². The molecule has 2 amide bonds. The maximum atomic E-state index is 11.7. The molecule has 0 radical (unpaired) electrons. The minimum Gasteiger partial charge on any atom is -0.482 e. The molecule has 0 aromatic heterocycles. The number of ether oxygens (including phenoxy) is 1. The van der Waals surface area contributed by atoms with Crippen molar-refractivity contribution >= 4 is 17.5 Å². The van der Waals surface area contributed by atoms with Gasteiger partial charge in [-0.25, -0.2) is 0 Å². The van der Waals surface area contributed by atoms with E-state index < -0.39 is 11.4 Å². The highest BCUT2D eigenvalue weighted by atomic mass is 16.5. The lowest BCUT2D eigenvalue weighted by Gasteiger charge is -2.24. The van der Waals surface area contributed by atoms with Gasteiger partial charge < -0.3 is 21.5 Å². The summed E-state index contributed by atoms with van der Waals surface area (Å²) < 4.78 is 5.30. The van der Waals surface area contributed by atoms with Crippen LogP contribution in [0.15, 0.2) is 24.3 Å². The topological polar surface area (TPSA) is 107 Å². The van der Waals surface area contributed by atoms with E-state index in [0.717, 1.165) is 0 Å². The van der Waals surface area contributed by atoms with Gasteiger partial charge in [-0.05, 0) is 26.0 Å². The second-order valence-electron chi connectivity index (χ2n) is 4.90. The number of nitrogens with two attached hydrogens (primary N) is 2. The highest BCUT2D eigenvalue weighted by Gasteiger charge is 2.23. The van der Waals surface area contributed by atoms with Crippen LogP contribution in [0.4, 0.5) is 5.69 Å². The summed E-state index contributed by atoms with van der Waals surface area (Å²) in [5, 5.41) is 2.67. The zero-order chi connectivity index (χ0) is 14.5. The Bertz CT molecular complexity index is 472. The summed E-state index contributed by atoms with van der Waals surface area (Å²) in [7, 11) is 0. The van der Waals surface area contributed by atoms with Crippen LogP contribution in [0, 0.1) is 0 Å². The molecule has 5 N–H and O–H groups in total. The van der Waals surface area contributed by atoms with Crippen molar-refractivity contribution < 1.29 is 14.3 Å². The van der Waals surface area contributed by atoms with Crippen molar-refractivity contribution in [1.82, 2.24) is 5.32 Å². The predicted octanol–water partition coefficient (Wildman–Crippen LogP) is 0.418. The van der Waals surface area contributed by atoms with Gasteiger partial charge in [-0.15, -0.1) is 0 Å². The van der Waals surface area contributed by atoms with Crippen LogP contribution in [0.2, 0.25) is 0 Å². The number of para-hydroxylation sites is 2. The molecule has 0 aliphatic carbocycles. The number of anilines is 1. The van der Waals surface area contributed by atoms with Gasteiger partial charge in [0, 0.05) is 12.0 Å². The van der Waals surface area contributed by atoms with Gasteiger partial charge in [0.2, 0.25) is 5.91 Å². The van der Waals surface area contributed by atoms with Crippen molar-refractivity contribution in [2.75, 3.05) is 12.3 Å². The molecule has 0 saturated carbocycles. The fourth-order valence-corrected chi connectivity index (χ4v) is 1.65. The van der Waals surface area contributed by atoms with Crippen LogP contribution in [-0.2, 0) is 9.59 Å². The molecule has 0 unspecified atom stereocenters. The van der Waals surface area contributed by atoms with Crippen molar-refractivity contribution in [1.29, 1.82) is 0 Å². The van der Waals surface area contributed by atoms with Gasteiger partial charge in [-0.3, -0.25) is 9.59 Å².